The van der Waals surface area contributed by atoms with Crippen molar-refractivity contribution < 1.29 is 0 Å². The van der Waals surface area contributed by atoms with Crippen LogP contribution in [-0.2, 0) is 0 Å². The SMILES string of the molecule is c1ccc2c(c1)ccc1c3ccc4ccccc4c3n(-c3ccc4c(c3)c3ccccc3n4-c3nc4ccccc4c4nc5ccccc5n34)c21. The lowest BCUT2D eigenvalue weighted by atomic mass is 10.0. The van der Waals surface area contributed by atoms with Crippen molar-refractivity contribution in [2.75, 3.05) is 0 Å². The molecule has 0 bridgehead atoms. The molecule has 0 aliphatic heterocycles. The number of benzene rings is 8. The topological polar surface area (TPSA) is 40.0 Å². The lowest BCUT2D eigenvalue weighted by molar-refractivity contribution is 0.979. The average molecular weight is 650 g/mol. The fraction of sp³-hybridized carbons (Fsp3) is 0. The van der Waals surface area contributed by atoms with Crippen molar-refractivity contribution in [2.24, 2.45) is 0 Å². The van der Waals surface area contributed by atoms with Crippen LogP contribution in [0.15, 0.2) is 164 Å². The van der Waals surface area contributed by atoms with E-state index < -0.39 is 0 Å². The van der Waals surface area contributed by atoms with Crippen LogP contribution >= 0.6 is 0 Å². The smallest absolute Gasteiger partial charge is 0.221 e. The van der Waals surface area contributed by atoms with Gasteiger partial charge in [0, 0.05) is 43.4 Å². The summed E-state index contributed by atoms with van der Waals surface area (Å²) in [5.74, 6) is 0.824. The molecule has 12 aromatic rings. The summed E-state index contributed by atoms with van der Waals surface area (Å²) in [6, 6.07) is 58.9. The molecule has 0 saturated carbocycles. The van der Waals surface area contributed by atoms with Crippen molar-refractivity contribution in [2.45, 2.75) is 0 Å². The minimum absolute atomic E-state index is 0.824. The Kier molecular flexibility index (Phi) is 5.17. The Morgan fingerprint density at radius 1 is 0.353 bits per heavy atom. The van der Waals surface area contributed by atoms with Crippen LogP contribution in [0.3, 0.4) is 0 Å². The van der Waals surface area contributed by atoms with Gasteiger partial charge in [-0.2, -0.15) is 0 Å². The maximum absolute atomic E-state index is 5.37. The molecule has 5 nitrogen and oxygen atoms in total. The summed E-state index contributed by atoms with van der Waals surface area (Å²) < 4.78 is 7.04. The minimum Gasteiger partial charge on any atom is -0.308 e. The number of para-hydroxylation sites is 4. The minimum atomic E-state index is 0.824. The Morgan fingerprint density at radius 3 is 1.65 bits per heavy atom. The molecule has 0 saturated heterocycles. The third-order valence-electron chi connectivity index (χ3n) is 10.8. The molecule has 0 spiro atoms. The van der Waals surface area contributed by atoms with Crippen LogP contribution in [0.2, 0.25) is 0 Å². The van der Waals surface area contributed by atoms with E-state index in [0.29, 0.717) is 0 Å². The second-order valence-corrected chi connectivity index (χ2v) is 13.4. The number of aromatic nitrogens is 5. The first kappa shape index (κ1) is 26.9. The normalized spacial score (nSPS) is 12.3. The summed E-state index contributed by atoms with van der Waals surface area (Å²) in [6.07, 6.45) is 0. The van der Waals surface area contributed by atoms with Gasteiger partial charge in [0.15, 0.2) is 0 Å². The zero-order valence-electron chi connectivity index (χ0n) is 27.3. The first-order valence-corrected chi connectivity index (χ1v) is 17.4. The summed E-state index contributed by atoms with van der Waals surface area (Å²) in [5.41, 5.74) is 9.59. The lowest BCUT2D eigenvalue weighted by Crippen LogP contribution is -2.06. The van der Waals surface area contributed by atoms with E-state index in [9.17, 15) is 0 Å². The second-order valence-electron chi connectivity index (χ2n) is 13.4. The molecule has 4 heterocycles. The predicted molar refractivity (Wildman–Crippen MR) is 212 cm³/mol. The van der Waals surface area contributed by atoms with Crippen LogP contribution in [0.4, 0.5) is 0 Å². The van der Waals surface area contributed by atoms with Gasteiger partial charge < -0.3 is 4.57 Å². The second kappa shape index (κ2) is 9.80. The van der Waals surface area contributed by atoms with Crippen LogP contribution in [0.5, 0.6) is 0 Å². The quantitative estimate of drug-likeness (QED) is 0.187. The highest BCUT2D eigenvalue weighted by molar-refractivity contribution is 6.24. The summed E-state index contributed by atoms with van der Waals surface area (Å²) in [7, 11) is 0. The van der Waals surface area contributed by atoms with E-state index in [1.165, 1.54) is 54.1 Å². The van der Waals surface area contributed by atoms with Gasteiger partial charge >= 0.3 is 0 Å². The molecule has 0 radical (unpaired) electrons. The molecule has 5 heteroatoms. The molecule has 0 unspecified atom stereocenters. The monoisotopic (exact) mass is 649 g/mol. The molecule has 0 N–H and O–H groups in total. The molecule has 0 atom stereocenters. The van der Waals surface area contributed by atoms with Crippen LogP contribution in [-0.4, -0.2) is 23.5 Å². The van der Waals surface area contributed by atoms with Gasteiger partial charge in [-0.1, -0.05) is 115 Å². The summed E-state index contributed by atoms with van der Waals surface area (Å²) in [6.45, 7) is 0. The molecule has 0 aliphatic carbocycles. The number of fused-ring (bicyclic) bond motifs is 15. The van der Waals surface area contributed by atoms with Gasteiger partial charge in [-0.25, -0.2) is 9.97 Å². The molecule has 0 amide bonds. The van der Waals surface area contributed by atoms with E-state index in [4.69, 9.17) is 9.97 Å². The molecular weight excluding hydrogens is 623 g/mol. The van der Waals surface area contributed by atoms with Crippen LogP contribution < -0.4 is 0 Å². The lowest BCUT2D eigenvalue weighted by Gasteiger charge is -2.14. The van der Waals surface area contributed by atoms with Gasteiger partial charge in [0.1, 0.15) is 5.65 Å². The van der Waals surface area contributed by atoms with Gasteiger partial charge in [-0.05, 0) is 59.3 Å². The standard InChI is InChI=1S/C46H27N5/c1-3-13-31-28(11-1)21-24-34-35-25-22-29-12-2-4-14-32(29)44(35)49(43(31)34)30-23-26-41-37(27-30)33-15-6-9-19-40(33)50(41)46-48-38-17-7-5-16-36(38)45-47-39-18-8-10-20-42(39)51(45)46/h1-27H. The number of nitrogens with zero attached hydrogens (tertiary/aromatic N) is 5. The van der Waals surface area contributed by atoms with E-state index in [1.54, 1.807) is 0 Å². The zero-order valence-corrected chi connectivity index (χ0v) is 27.3. The molecule has 8 aromatic carbocycles. The van der Waals surface area contributed by atoms with Crippen molar-refractivity contribution in [3.63, 3.8) is 0 Å². The molecule has 4 aromatic heterocycles. The zero-order chi connectivity index (χ0) is 33.2. The Morgan fingerprint density at radius 2 is 0.922 bits per heavy atom. The molecule has 236 valence electrons. The average Bonchev–Trinajstić information content (AvgIpc) is 3.86. The largest absolute Gasteiger partial charge is 0.308 e. The van der Waals surface area contributed by atoms with Crippen LogP contribution in [0, 0.1) is 0 Å². The van der Waals surface area contributed by atoms with E-state index in [1.807, 2.05) is 6.07 Å². The highest BCUT2D eigenvalue weighted by Crippen LogP contribution is 2.42. The third kappa shape index (κ3) is 3.54. The maximum atomic E-state index is 5.37. The van der Waals surface area contributed by atoms with Gasteiger partial charge in [0.2, 0.25) is 5.95 Å². The fourth-order valence-corrected chi connectivity index (χ4v) is 8.59. The molecular formula is C46H27N5. The highest BCUT2D eigenvalue weighted by atomic mass is 15.2. The summed E-state index contributed by atoms with van der Waals surface area (Å²) in [5, 5.41) is 10.8. The van der Waals surface area contributed by atoms with Crippen molar-refractivity contribution in [3.05, 3.63) is 164 Å². The van der Waals surface area contributed by atoms with Crippen LogP contribution in [0.25, 0.3) is 104 Å². The summed E-state index contributed by atoms with van der Waals surface area (Å²) >= 11 is 0. The Hall–Kier alpha value is -6.98. The third-order valence-corrected chi connectivity index (χ3v) is 10.8. The van der Waals surface area contributed by atoms with Gasteiger partial charge in [-0.3, -0.25) is 8.97 Å². The van der Waals surface area contributed by atoms with Crippen molar-refractivity contribution in [3.8, 4) is 11.6 Å². The Balaban J connectivity index is 1.24. The van der Waals surface area contributed by atoms with Crippen LogP contribution in [0.1, 0.15) is 0 Å². The first-order chi connectivity index (χ1) is 25.3. The predicted octanol–water partition coefficient (Wildman–Crippen LogP) is 11.5. The maximum Gasteiger partial charge on any atom is 0.221 e. The van der Waals surface area contributed by atoms with E-state index >= 15 is 0 Å². The van der Waals surface area contributed by atoms with Gasteiger partial charge in [0.05, 0.1) is 38.6 Å². The first-order valence-electron chi connectivity index (χ1n) is 17.4. The molecule has 51 heavy (non-hydrogen) atoms. The van der Waals surface area contributed by atoms with E-state index in [-0.39, 0.29) is 0 Å². The summed E-state index contributed by atoms with van der Waals surface area (Å²) in [4.78, 5) is 10.5. The van der Waals surface area contributed by atoms with E-state index in [2.05, 4.69) is 171 Å². The van der Waals surface area contributed by atoms with Gasteiger partial charge in [0.25, 0.3) is 0 Å². The van der Waals surface area contributed by atoms with Crippen molar-refractivity contribution in [1.29, 1.82) is 0 Å². The van der Waals surface area contributed by atoms with Crippen molar-refractivity contribution in [1.82, 2.24) is 23.5 Å². The number of hydrogen-bond acceptors (Lipinski definition) is 2. The number of hydrogen-bond donors (Lipinski definition) is 0. The Bertz CT molecular complexity index is 3340. The molecule has 0 aliphatic rings. The Labute approximate surface area is 290 Å². The van der Waals surface area contributed by atoms with E-state index in [0.717, 1.165) is 50.3 Å². The number of rotatable bonds is 2. The van der Waals surface area contributed by atoms with Crippen molar-refractivity contribution >= 4 is 92.7 Å². The molecule has 0 fully saturated rings. The highest BCUT2D eigenvalue weighted by Gasteiger charge is 2.22. The fourth-order valence-electron chi connectivity index (χ4n) is 8.59. The number of imidazole rings is 1. The van der Waals surface area contributed by atoms with Gasteiger partial charge in [-0.15, -0.1) is 0 Å². The molecule has 12 rings (SSSR count).